The number of anilines is 1. The monoisotopic (exact) mass is 341 g/mol. The molecule has 3 N–H and O–H groups in total. The van der Waals surface area contributed by atoms with Gasteiger partial charge < -0.3 is 10.4 Å². The smallest absolute Gasteiger partial charge is 0.326 e. The Kier molecular flexibility index (Phi) is 3.77. The van der Waals surface area contributed by atoms with E-state index in [2.05, 4.69) is 5.32 Å². The van der Waals surface area contributed by atoms with Crippen LogP contribution in [0, 0.1) is 12.7 Å². The number of nitrogens with zero attached hydrogens (tertiary/aromatic N) is 1. The topological polar surface area (TPSA) is 98.7 Å². The van der Waals surface area contributed by atoms with Crippen molar-refractivity contribution in [2.45, 2.75) is 13.3 Å². The minimum absolute atomic E-state index is 0.214. The van der Waals surface area contributed by atoms with Crippen molar-refractivity contribution in [1.82, 2.24) is 10.0 Å². The van der Waals surface area contributed by atoms with E-state index in [1.54, 1.807) is 17.7 Å². The van der Waals surface area contributed by atoms with Gasteiger partial charge in [0.15, 0.2) is 5.82 Å². The van der Waals surface area contributed by atoms with Crippen molar-refractivity contribution in [2.24, 2.45) is 0 Å². The second-order valence-corrected chi connectivity index (χ2v) is 7.15. The molecule has 2 aliphatic rings. The molecule has 1 amide bonds. The molecule has 0 radical (unpaired) electrons. The number of hydrogen-bond donors (Lipinski definition) is 3. The molecule has 7 nitrogen and oxygen atoms in total. The number of hydrogen-bond acceptors (Lipinski definition) is 5. The SMILES string of the molecule is Cc1cc(O)c(N2CC(=O)NS2(=O)=O)c(F)c1/C=C1/CCNC1. The van der Waals surface area contributed by atoms with Gasteiger partial charge in [-0.3, -0.25) is 4.79 Å². The Labute approximate surface area is 133 Å². The van der Waals surface area contributed by atoms with E-state index in [4.69, 9.17) is 0 Å². The van der Waals surface area contributed by atoms with Crippen molar-refractivity contribution < 1.29 is 22.7 Å². The standard InChI is InChI=1S/C14H16FN3O4S/c1-8-4-11(19)14(18-7-12(20)17-23(18,21)22)13(15)10(8)5-9-2-3-16-6-9/h4-5,16,19H,2-3,6-7H2,1H3,(H,17,20)/b9-5-. The van der Waals surface area contributed by atoms with E-state index in [0.29, 0.717) is 16.4 Å². The molecule has 0 bridgehead atoms. The zero-order valence-corrected chi connectivity index (χ0v) is 13.2. The van der Waals surface area contributed by atoms with Crippen molar-refractivity contribution in [3.05, 3.63) is 28.6 Å². The van der Waals surface area contributed by atoms with Crippen LogP contribution in [-0.2, 0) is 15.0 Å². The van der Waals surface area contributed by atoms with Crippen molar-refractivity contribution in [3.8, 4) is 5.75 Å². The molecule has 0 atom stereocenters. The van der Waals surface area contributed by atoms with Crippen molar-refractivity contribution >= 4 is 27.9 Å². The van der Waals surface area contributed by atoms with E-state index >= 15 is 0 Å². The van der Waals surface area contributed by atoms with Crippen LogP contribution < -0.4 is 14.3 Å². The predicted molar refractivity (Wildman–Crippen MR) is 82.7 cm³/mol. The minimum Gasteiger partial charge on any atom is -0.506 e. The number of phenolic OH excluding ortho intramolecular Hbond substituents is 1. The summed E-state index contributed by atoms with van der Waals surface area (Å²) < 4.78 is 41.0. The first-order valence-corrected chi connectivity index (χ1v) is 8.49. The highest BCUT2D eigenvalue weighted by molar-refractivity contribution is 7.92. The van der Waals surface area contributed by atoms with E-state index in [1.165, 1.54) is 6.07 Å². The molecule has 0 saturated carbocycles. The summed E-state index contributed by atoms with van der Waals surface area (Å²) in [5.41, 5.74) is 1.18. The van der Waals surface area contributed by atoms with E-state index in [-0.39, 0.29) is 5.56 Å². The Morgan fingerprint density at radius 3 is 2.74 bits per heavy atom. The van der Waals surface area contributed by atoms with E-state index in [1.807, 2.05) is 0 Å². The quantitative estimate of drug-likeness (QED) is 0.723. The molecule has 124 valence electrons. The molecule has 0 unspecified atom stereocenters. The average Bonchev–Trinajstić information content (AvgIpc) is 3.02. The molecule has 9 heteroatoms. The number of carbonyl (C=O) groups is 1. The van der Waals surface area contributed by atoms with Crippen molar-refractivity contribution in [3.63, 3.8) is 0 Å². The lowest BCUT2D eigenvalue weighted by molar-refractivity contribution is -0.117. The summed E-state index contributed by atoms with van der Waals surface area (Å²) in [7, 11) is -4.19. The molecule has 1 aromatic carbocycles. The van der Waals surface area contributed by atoms with Crippen LogP contribution in [0.25, 0.3) is 6.08 Å². The highest BCUT2D eigenvalue weighted by Crippen LogP contribution is 2.37. The maximum atomic E-state index is 14.9. The number of amides is 1. The van der Waals surface area contributed by atoms with E-state index in [9.17, 15) is 22.7 Å². The molecule has 1 aromatic rings. The number of rotatable bonds is 2. The number of aromatic hydroxyl groups is 1. The molecule has 0 aliphatic carbocycles. The number of carbonyl (C=O) groups excluding carboxylic acids is 1. The molecule has 2 fully saturated rings. The lowest BCUT2D eigenvalue weighted by Crippen LogP contribution is -2.30. The maximum Gasteiger partial charge on any atom is 0.326 e. The predicted octanol–water partition coefficient (Wildman–Crippen LogP) is 0.397. The van der Waals surface area contributed by atoms with Gasteiger partial charge in [0.2, 0.25) is 0 Å². The third kappa shape index (κ3) is 2.77. The number of benzene rings is 1. The Hall–Kier alpha value is -2.13. The fourth-order valence-electron chi connectivity index (χ4n) is 2.74. The van der Waals surface area contributed by atoms with Crippen LogP contribution >= 0.6 is 0 Å². The Bertz CT molecular complexity index is 812. The second-order valence-electron chi connectivity index (χ2n) is 5.56. The van der Waals surface area contributed by atoms with Crippen LogP contribution in [0.3, 0.4) is 0 Å². The van der Waals surface area contributed by atoms with E-state index < -0.39 is 39.9 Å². The molecule has 2 saturated heterocycles. The summed E-state index contributed by atoms with van der Waals surface area (Å²) >= 11 is 0. The summed E-state index contributed by atoms with van der Waals surface area (Å²) in [5.74, 6) is -2.15. The Balaban J connectivity index is 2.15. The summed E-state index contributed by atoms with van der Waals surface area (Å²) in [4.78, 5) is 11.3. The minimum atomic E-state index is -4.19. The molecule has 3 rings (SSSR count). The van der Waals surface area contributed by atoms with Gasteiger partial charge in [0.05, 0.1) is 0 Å². The summed E-state index contributed by atoms with van der Waals surface area (Å²) in [6, 6.07) is 1.30. The highest BCUT2D eigenvalue weighted by Gasteiger charge is 2.38. The van der Waals surface area contributed by atoms with Gasteiger partial charge in [0.1, 0.15) is 18.0 Å². The molecule has 2 heterocycles. The van der Waals surface area contributed by atoms with Gasteiger partial charge in [-0.25, -0.2) is 13.4 Å². The highest BCUT2D eigenvalue weighted by atomic mass is 32.2. The van der Waals surface area contributed by atoms with Crippen LogP contribution in [0.5, 0.6) is 5.75 Å². The number of phenols is 1. The largest absolute Gasteiger partial charge is 0.506 e. The van der Waals surface area contributed by atoms with Gasteiger partial charge in [-0.1, -0.05) is 11.6 Å². The van der Waals surface area contributed by atoms with Gasteiger partial charge in [0.25, 0.3) is 5.91 Å². The third-order valence-corrected chi connectivity index (χ3v) is 5.24. The van der Waals surface area contributed by atoms with Gasteiger partial charge in [-0.15, -0.1) is 0 Å². The summed E-state index contributed by atoms with van der Waals surface area (Å²) in [5, 5.41) is 13.1. The molecule has 2 aliphatic heterocycles. The summed E-state index contributed by atoms with van der Waals surface area (Å²) in [6.45, 7) is 2.50. The van der Waals surface area contributed by atoms with Crippen LogP contribution in [0.15, 0.2) is 11.6 Å². The zero-order valence-electron chi connectivity index (χ0n) is 12.4. The lowest BCUT2D eigenvalue weighted by Gasteiger charge is -2.19. The fraction of sp³-hybridized carbons (Fsp3) is 0.357. The molecular weight excluding hydrogens is 325 g/mol. The third-order valence-electron chi connectivity index (χ3n) is 3.86. The number of halogens is 1. The van der Waals surface area contributed by atoms with Gasteiger partial charge in [-0.2, -0.15) is 8.42 Å². The normalized spacial score (nSPS) is 21.9. The average molecular weight is 341 g/mol. The zero-order chi connectivity index (χ0) is 16.8. The van der Waals surface area contributed by atoms with Crippen LogP contribution in [0.1, 0.15) is 17.5 Å². The van der Waals surface area contributed by atoms with E-state index in [0.717, 1.165) is 18.5 Å². The molecule has 23 heavy (non-hydrogen) atoms. The number of nitrogens with one attached hydrogen (secondary N) is 2. The van der Waals surface area contributed by atoms with Crippen molar-refractivity contribution in [2.75, 3.05) is 23.9 Å². The molecule has 0 aromatic heterocycles. The van der Waals surface area contributed by atoms with Gasteiger partial charge >= 0.3 is 10.2 Å². The van der Waals surface area contributed by atoms with Crippen molar-refractivity contribution in [1.29, 1.82) is 0 Å². The van der Waals surface area contributed by atoms with Gasteiger partial charge in [0, 0.05) is 12.1 Å². The van der Waals surface area contributed by atoms with Gasteiger partial charge in [-0.05, 0) is 31.5 Å². The number of aryl methyl sites for hydroxylation is 1. The molecular formula is C14H16FN3O4S. The first-order valence-electron chi connectivity index (χ1n) is 7.05. The fourth-order valence-corrected chi connectivity index (χ4v) is 3.90. The maximum absolute atomic E-state index is 14.9. The van der Waals surface area contributed by atoms with Crippen LogP contribution in [0.4, 0.5) is 10.1 Å². The Morgan fingerprint density at radius 1 is 1.43 bits per heavy atom. The molecule has 0 spiro atoms. The second kappa shape index (κ2) is 5.50. The van der Waals surface area contributed by atoms with Crippen LogP contribution in [-0.4, -0.2) is 39.1 Å². The summed E-state index contributed by atoms with van der Waals surface area (Å²) in [6.07, 6.45) is 2.43. The first-order chi connectivity index (χ1) is 10.8. The first kappa shape index (κ1) is 15.8. The van der Waals surface area contributed by atoms with Crippen LogP contribution in [0.2, 0.25) is 0 Å². The Morgan fingerprint density at radius 2 is 2.17 bits per heavy atom. The lowest BCUT2D eigenvalue weighted by atomic mass is 10.0.